The van der Waals surface area contributed by atoms with Gasteiger partial charge >= 0.3 is 0 Å². The molecule has 1 fully saturated rings. The molecule has 2 heterocycles. The Morgan fingerprint density at radius 2 is 2.20 bits per heavy atom. The molecule has 3 rings (SSSR count). The van der Waals surface area contributed by atoms with E-state index in [1.807, 2.05) is 6.92 Å². The number of ether oxygens (including phenoxy) is 1. The highest BCUT2D eigenvalue weighted by Gasteiger charge is 2.36. The van der Waals surface area contributed by atoms with E-state index in [1.54, 1.807) is 18.4 Å². The van der Waals surface area contributed by atoms with Gasteiger partial charge in [0.1, 0.15) is 10.6 Å². The molecule has 1 aliphatic rings. The lowest BCUT2D eigenvalue weighted by molar-refractivity contribution is -0.0601. The third kappa shape index (κ3) is 2.45. The molecule has 2 aromatic rings. The Hall–Kier alpha value is -1.40. The Labute approximate surface area is 122 Å². The van der Waals surface area contributed by atoms with Gasteiger partial charge < -0.3 is 15.4 Å². The lowest BCUT2D eigenvalue weighted by Crippen LogP contribution is -2.45. The van der Waals surface area contributed by atoms with Crippen LogP contribution in [0.3, 0.4) is 0 Å². The van der Waals surface area contributed by atoms with Gasteiger partial charge in [-0.15, -0.1) is 11.3 Å². The number of methoxy groups -OCH3 is 1. The fourth-order valence-electron chi connectivity index (χ4n) is 2.50. The highest BCUT2D eigenvalue weighted by atomic mass is 32.1. The molecule has 5 nitrogen and oxygen atoms in total. The van der Waals surface area contributed by atoms with Crippen LogP contribution in [0.25, 0.3) is 10.2 Å². The highest BCUT2D eigenvalue weighted by Crippen LogP contribution is 2.35. The molecule has 2 aromatic heterocycles. The number of fused-ring (bicyclic) bond motifs is 1. The maximum Gasteiger partial charge on any atom is 0.226 e. The average molecular weight is 292 g/mol. The quantitative estimate of drug-likeness (QED) is 0.856. The van der Waals surface area contributed by atoms with Crippen LogP contribution < -0.4 is 10.6 Å². The van der Waals surface area contributed by atoms with E-state index >= 15 is 0 Å². The first-order chi connectivity index (χ1) is 9.76. The van der Waals surface area contributed by atoms with Crippen molar-refractivity contribution in [2.75, 3.05) is 30.8 Å². The largest absolute Gasteiger partial charge is 0.376 e. The molecular formula is C14H20N4OS. The van der Waals surface area contributed by atoms with Crippen molar-refractivity contribution in [3.63, 3.8) is 0 Å². The minimum Gasteiger partial charge on any atom is -0.376 e. The van der Waals surface area contributed by atoms with Gasteiger partial charge in [-0.3, -0.25) is 0 Å². The second-order valence-corrected chi connectivity index (χ2v) is 6.05. The predicted octanol–water partition coefficient (Wildman–Crippen LogP) is 3.10. The monoisotopic (exact) mass is 292 g/mol. The molecule has 0 unspecified atom stereocenters. The maximum atomic E-state index is 5.65. The first kappa shape index (κ1) is 13.6. The van der Waals surface area contributed by atoms with E-state index in [-0.39, 0.29) is 5.60 Å². The van der Waals surface area contributed by atoms with Gasteiger partial charge in [0.2, 0.25) is 5.95 Å². The van der Waals surface area contributed by atoms with E-state index in [0.717, 1.165) is 42.0 Å². The van der Waals surface area contributed by atoms with Crippen LogP contribution in [0.5, 0.6) is 0 Å². The number of thiophene rings is 1. The second kappa shape index (κ2) is 5.54. The maximum absolute atomic E-state index is 5.65. The summed E-state index contributed by atoms with van der Waals surface area (Å²) in [5.41, 5.74) is -0.00829. The summed E-state index contributed by atoms with van der Waals surface area (Å²) in [6.07, 6.45) is 3.48. The van der Waals surface area contributed by atoms with Gasteiger partial charge in [-0.1, -0.05) is 0 Å². The van der Waals surface area contributed by atoms with Crippen molar-refractivity contribution in [3.8, 4) is 0 Å². The van der Waals surface area contributed by atoms with Crippen LogP contribution in [0.15, 0.2) is 11.4 Å². The van der Waals surface area contributed by atoms with Crippen molar-refractivity contribution in [2.24, 2.45) is 0 Å². The van der Waals surface area contributed by atoms with Crippen LogP contribution in [0.4, 0.5) is 11.8 Å². The lowest BCUT2D eigenvalue weighted by atomic mass is 9.80. The number of hydrogen-bond donors (Lipinski definition) is 2. The van der Waals surface area contributed by atoms with E-state index in [4.69, 9.17) is 4.74 Å². The summed E-state index contributed by atoms with van der Waals surface area (Å²) in [4.78, 5) is 10.1. The first-order valence-electron chi connectivity index (χ1n) is 7.04. The number of nitrogens with one attached hydrogen (secondary N) is 2. The zero-order valence-electron chi connectivity index (χ0n) is 11.9. The van der Waals surface area contributed by atoms with E-state index in [1.165, 1.54) is 6.42 Å². The molecule has 1 saturated carbocycles. The van der Waals surface area contributed by atoms with Crippen LogP contribution in [0, 0.1) is 0 Å². The van der Waals surface area contributed by atoms with Crippen molar-refractivity contribution in [3.05, 3.63) is 11.4 Å². The van der Waals surface area contributed by atoms with E-state index < -0.39 is 0 Å². The van der Waals surface area contributed by atoms with E-state index in [0.29, 0.717) is 5.95 Å². The van der Waals surface area contributed by atoms with Crippen molar-refractivity contribution >= 4 is 33.3 Å². The average Bonchev–Trinajstić information content (AvgIpc) is 2.86. The van der Waals surface area contributed by atoms with Gasteiger partial charge in [-0.25, -0.2) is 4.98 Å². The topological polar surface area (TPSA) is 59.1 Å². The van der Waals surface area contributed by atoms with E-state index in [2.05, 4.69) is 32.0 Å². The van der Waals surface area contributed by atoms with E-state index in [9.17, 15) is 0 Å². The lowest BCUT2D eigenvalue weighted by Gasteiger charge is -2.40. The molecule has 0 saturated heterocycles. The summed E-state index contributed by atoms with van der Waals surface area (Å²) < 4.78 is 5.65. The molecule has 6 heteroatoms. The normalized spacial score (nSPS) is 16.9. The Morgan fingerprint density at radius 1 is 1.35 bits per heavy atom. The summed E-state index contributed by atoms with van der Waals surface area (Å²) in [6, 6.07) is 2.07. The number of hydrogen-bond acceptors (Lipinski definition) is 6. The summed E-state index contributed by atoms with van der Waals surface area (Å²) >= 11 is 1.64. The molecule has 0 spiro atoms. The third-order valence-electron chi connectivity index (χ3n) is 3.94. The number of aromatic nitrogens is 2. The van der Waals surface area contributed by atoms with Gasteiger partial charge in [0, 0.05) is 20.2 Å². The molecule has 0 atom stereocenters. The molecule has 20 heavy (non-hydrogen) atoms. The predicted molar refractivity (Wildman–Crippen MR) is 83.7 cm³/mol. The van der Waals surface area contributed by atoms with Crippen LogP contribution in [-0.4, -0.2) is 35.8 Å². The molecule has 0 aromatic carbocycles. The Bertz CT molecular complexity index is 588. The van der Waals surface area contributed by atoms with Crippen molar-refractivity contribution < 1.29 is 4.74 Å². The summed E-state index contributed by atoms with van der Waals surface area (Å²) in [6.45, 7) is 3.67. The second-order valence-electron chi connectivity index (χ2n) is 5.16. The zero-order chi connectivity index (χ0) is 14.0. The molecular weight excluding hydrogens is 272 g/mol. The van der Waals surface area contributed by atoms with Gasteiger partial charge in [0.15, 0.2) is 0 Å². The molecule has 0 radical (unpaired) electrons. The van der Waals surface area contributed by atoms with Crippen molar-refractivity contribution in [1.82, 2.24) is 9.97 Å². The summed E-state index contributed by atoms with van der Waals surface area (Å²) in [7, 11) is 1.80. The molecule has 1 aliphatic carbocycles. The summed E-state index contributed by atoms with van der Waals surface area (Å²) in [5, 5.41) is 9.78. The molecule has 0 bridgehead atoms. The van der Waals surface area contributed by atoms with Crippen LogP contribution in [0.1, 0.15) is 26.2 Å². The van der Waals surface area contributed by atoms with Crippen LogP contribution in [0.2, 0.25) is 0 Å². The number of nitrogens with zero attached hydrogens (tertiary/aromatic N) is 2. The highest BCUT2D eigenvalue weighted by molar-refractivity contribution is 7.16. The number of anilines is 2. The minimum absolute atomic E-state index is 0.00829. The van der Waals surface area contributed by atoms with Crippen LogP contribution in [-0.2, 0) is 4.74 Å². The molecule has 108 valence electrons. The van der Waals surface area contributed by atoms with Gasteiger partial charge in [-0.05, 0) is 37.6 Å². The molecule has 0 amide bonds. The standard InChI is InChI=1S/C14H20N4OS/c1-3-15-13-17-11(10-5-8-20-12(10)18-13)16-9-14(19-2)6-4-7-14/h5,8H,3-4,6-7,9H2,1-2H3,(H2,15,16,17,18). The third-order valence-corrected chi connectivity index (χ3v) is 4.74. The van der Waals surface area contributed by atoms with Gasteiger partial charge in [-0.2, -0.15) is 4.98 Å². The van der Waals surface area contributed by atoms with Crippen molar-refractivity contribution in [1.29, 1.82) is 0 Å². The Kier molecular flexibility index (Phi) is 3.76. The SMILES string of the molecule is CCNc1nc(NCC2(OC)CCC2)c2ccsc2n1. The fraction of sp³-hybridized carbons (Fsp3) is 0.571. The van der Waals surface area contributed by atoms with Gasteiger partial charge in [0.05, 0.1) is 11.0 Å². The zero-order valence-corrected chi connectivity index (χ0v) is 12.7. The fourth-order valence-corrected chi connectivity index (χ4v) is 3.26. The Morgan fingerprint density at radius 3 is 2.85 bits per heavy atom. The Balaban J connectivity index is 1.83. The van der Waals surface area contributed by atoms with Crippen LogP contribution >= 0.6 is 11.3 Å². The summed E-state index contributed by atoms with van der Waals surface area (Å²) in [5.74, 6) is 1.58. The van der Waals surface area contributed by atoms with Crippen molar-refractivity contribution in [2.45, 2.75) is 31.8 Å². The molecule has 2 N–H and O–H groups in total. The molecule has 0 aliphatic heterocycles. The number of rotatable bonds is 6. The minimum atomic E-state index is -0.00829. The van der Waals surface area contributed by atoms with Gasteiger partial charge in [0.25, 0.3) is 0 Å². The smallest absolute Gasteiger partial charge is 0.226 e. The first-order valence-corrected chi connectivity index (χ1v) is 7.92.